The van der Waals surface area contributed by atoms with E-state index in [4.69, 9.17) is 9.47 Å². The molecule has 0 saturated carbocycles. The van der Waals surface area contributed by atoms with E-state index in [1.807, 2.05) is 41.8 Å². The minimum Gasteiger partial charge on any atom is -0.468 e. The van der Waals surface area contributed by atoms with Crippen LogP contribution in [0.5, 0.6) is 5.75 Å². The number of fused-ring (bicyclic) bond motifs is 1. The van der Waals surface area contributed by atoms with E-state index in [1.54, 1.807) is 19.5 Å². The third kappa shape index (κ3) is 3.69. The van der Waals surface area contributed by atoms with Crippen LogP contribution >= 0.6 is 11.3 Å². The molecule has 0 saturated heterocycles. The third-order valence-corrected chi connectivity index (χ3v) is 4.82. The first-order valence-electron chi connectivity index (χ1n) is 8.16. The Kier molecular flexibility index (Phi) is 4.86. The van der Waals surface area contributed by atoms with Crippen LogP contribution in [0.15, 0.2) is 54.2 Å². The molecule has 3 heterocycles. The largest absolute Gasteiger partial charge is 0.468 e. The molecule has 6 nitrogen and oxygen atoms in total. The zero-order valence-electron chi connectivity index (χ0n) is 14.5. The van der Waals surface area contributed by atoms with E-state index >= 15 is 0 Å². The summed E-state index contributed by atoms with van der Waals surface area (Å²) in [6, 6.07) is 11.3. The minimum atomic E-state index is 0.203. The van der Waals surface area contributed by atoms with Crippen LogP contribution in [0.25, 0.3) is 33.5 Å². The molecule has 0 amide bonds. The van der Waals surface area contributed by atoms with Gasteiger partial charge in [0.1, 0.15) is 11.3 Å². The second kappa shape index (κ2) is 7.61. The smallest absolute Gasteiger partial charge is 0.188 e. The zero-order chi connectivity index (χ0) is 18.6. The van der Waals surface area contributed by atoms with Crippen molar-refractivity contribution in [3.8, 4) is 28.3 Å². The number of hydrogen-bond donors (Lipinski definition) is 0. The van der Waals surface area contributed by atoms with Gasteiger partial charge in [0, 0.05) is 24.4 Å². The molecule has 3 aromatic heterocycles. The van der Waals surface area contributed by atoms with Gasteiger partial charge in [-0.3, -0.25) is 9.78 Å². The quantitative estimate of drug-likeness (QED) is 0.370. The van der Waals surface area contributed by atoms with E-state index in [0.29, 0.717) is 22.0 Å². The Morgan fingerprint density at radius 3 is 2.59 bits per heavy atom. The summed E-state index contributed by atoms with van der Waals surface area (Å²) in [5.41, 5.74) is 4.21. The van der Waals surface area contributed by atoms with Gasteiger partial charge in [0.05, 0.1) is 16.6 Å². The summed E-state index contributed by atoms with van der Waals surface area (Å²) in [6.07, 6.45) is 4.33. The third-order valence-electron chi connectivity index (χ3n) is 3.96. The van der Waals surface area contributed by atoms with Crippen LogP contribution in [0.2, 0.25) is 0 Å². The van der Waals surface area contributed by atoms with E-state index < -0.39 is 0 Å². The van der Waals surface area contributed by atoms with Crippen molar-refractivity contribution in [1.29, 1.82) is 0 Å². The molecule has 27 heavy (non-hydrogen) atoms. The molecular weight excluding hydrogens is 362 g/mol. The average molecular weight is 377 g/mol. The Hall–Kier alpha value is -3.16. The summed E-state index contributed by atoms with van der Waals surface area (Å²) in [7, 11) is 1.58. The van der Waals surface area contributed by atoms with Crippen LogP contribution in [0, 0.1) is 0 Å². The number of carbonyl (C=O) groups excluding carboxylic acids is 1. The number of aromatic nitrogens is 3. The maximum atomic E-state index is 10.9. The standard InChI is InChI=1S/C20H15N3O3S/c1-25-12-26-16-4-2-13(3-5-16)20-22-9-19-18(23-20)7-14(8-21-19)15-6-17(10-24)27-11-15/h2-11H,12H2,1H3. The first-order chi connectivity index (χ1) is 13.3. The van der Waals surface area contributed by atoms with Crippen LogP contribution in [0.3, 0.4) is 0 Å². The van der Waals surface area contributed by atoms with Gasteiger partial charge >= 0.3 is 0 Å². The molecule has 0 fully saturated rings. The molecule has 0 N–H and O–H groups in total. The molecule has 0 aliphatic heterocycles. The molecule has 7 heteroatoms. The van der Waals surface area contributed by atoms with Gasteiger partial charge in [-0.1, -0.05) is 0 Å². The zero-order valence-corrected chi connectivity index (χ0v) is 15.3. The first kappa shape index (κ1) is 17.3. The highest BCUT2D eigenvalue weighted by Gasteiger charge is 2.08. The van der Waals surface area contributed by atoms with Crippen LogP contribution in [0.4, 0.5) is 0 Å². The van der Waals surface area contributed by atoms with E-state index in [0.717, 1.165) is 28.5 Å². The number of carbonyl (C=O) groups is 1. The van der Waals surface area contributed by atoms with Gasteiger partial charge in [0.25, 0.3) is 0 Å². The lowest BCUT2D eigenvalue weighted by Gasteiger charge is -2.06. The van der Waals surface area contributed by atoms with Gasteiger partial charge in [-0.15, -0.1) is 11.3 Å². The van der Waals surface area contributed by atoms with Crippen LogP contribution in [-0.4, -0.2) is 35.1 Å². The Bertz CT molecular complexity index is 1090. The van der Waals surface area contributed by atoms with Crippen LogP contribution in [0.1, 0.15) is 9.67 Å². The normalized spacial score (nSPS) is 10.9. The number of rotatable bonds is 6. The maximum Gasteiger partial charge on any atom is 0.188 e. The predicted molar refractivity (Wildman–Crippen MR) is 104 cm³/mol. The molecule has 0 aliphatic carbocycles. The lowest BCUT2D eigenvalue weighted by atomic mass is 10.1. The molecule has 0 unspecified atom stereocenters. The second-order valence-corrected chi connectivity index (χ2v) is 6.70. The minimum absolute atomic E-state index is 0.203. The van der Waals surface area contributed by atoms with E-state index in [1.165, 1.54) is 11.3 Å². The maximum absolute atomic E-state index is 10.9. The first-order valence-corrected chi connectivity index (χ1v) is 9.04. The van der Waals surface area contributed by atoms with Crippen molar-refractivity contribution < 1.29 is 14.3 Å². The highest BCUT2D eigenvalue weighted by atomic mass is 32.1. The average Bonchev–Trinajstić information content (AvgIpc) is 3.21. The Labute approximate surface area is 159 Å². The molecule has 0 radical (unpaired) electrons. The highest BCUT2D eigenvalue weighted by molar-refractivity contribution is 7.12. The molecule has 1 aromatic carbocycles. The van der Waals surface area contributed by atoms with E-state index in [-0.39, 0.29) is 6.79 Å². The number of methoxy groups -OCH3 is 1. The lowest BCUT2D eigenvalue weighted by molar-refractivity contribution is 0.0511. The fourth-order valence-electron chi connectivity index (χ4n) is 2.61. The molecule has 0 atom stereocenters. The molecule has 0 bridgehead atoms. The summed E-state index contributed by atoms with van der Waals surface area (Å²) in [5.74, 6) is 1.33. The highest BCUT2D eigenvalue weighted by Crippen LogP contribution is 2.27. The Morgan fingerprint density at radius 2 is 1.85 bits per heavy atom. The number of ether oxygens (including phenoxy) is 2. The van der Waals surface area contributed by atoms with Crippen molar-refractivity contribution in [2.24, 2.45) is 0 Å². The molecule has 0 spiro atoms. The summed E-state index contributed by atoms with van der Waals surface area (Å²) >= 11 is 1.41. The number of nitrogens with zero attached hydrogens (tertiary/aromatic N) is 3. The molecule has 134 valence electrons. The summed E-state index contributed by atoms with van der Waals surface area (Å²) in [6.45, 7) is 0.203. The fourth-order valence-corrected chi connectivity index (χ4v) is 3.33. The van der Waals surface area contributed by atoms with Gasteiger partial charge < -0.3 is 9.47 Å². The van der Waals surface area contributed by atoms with Crippen molar-refractivity contribution in [2.75, 3.05) is 13.9 Å². The SMILES string of the molecule is COCOc1ccc(-c2ncc3ncc(-c4csc(C=O)c4)cc3n2)cc1. The molecular formula is C20H15N3O3S. The van der Waals surface area contributed by atoms with Gasteiger partial charge in [0.2, 0.25) is 0 Å². The van der Waals surface area contributed by atoms with Crippen molar-refractivity contribution in [2.45, 2.75) is 0 Å². The van der Waals surface area contributed by atoms with Crippen molar-refractivity contribution in [1.82, 2.24) is 15.0 Å². The van der Waals surface area contributed by atoms with Gasteiger partial charge in [-0.05, 0) is 47.3 Å². The number of pyridine rings is 1. The molecule has 4 aromatic rings. The van der Waals surface area contributed by atoms with Crippen LogP contribution in [-0.2, 0) is 4.74 Å². The van der Waals surface area contributed by atoms with Crippen molar-refractivity contribution >= 4 is 28.7 Å². The summed E-state index contributed by atoms with van der Waals surface area (Å²) in [5, 5.41) is 1.94. The van der Waals surface area contributed by atoms with Crippen molar-refractivity contribution in [3.05, 3.63) is 59.0 Å². The topological polar surface area (TPSA) is 74.2 Å². The Balaban J connectivity index is 1.67. The lowest BCUT2D eigenvalue weighted by Crippen LogP contribution is -1.98. The molecule has 4 rings (SSSR count). The summed E-state index contributed by atoms with van der Waals surface area (Å²) < 4.78 is 10.3. The van der Waals surface area contributed by atoms with Crippen LogP contribution < -0.4 is 4.74 Å². The fraction of sp³-hybridized carbons (Fsp3) is 0.100. The van der Waals surface area contributed by atoms with Gasteiger partial charge in [0.15, 0.2) is 18.9 Å². The number of benzene rings is 1. The predicted octanol–water partition coefficient (Wildman–Crippen LogP) is 4.22. The number of hydrogen-bond acceptors (Lipinski definition) is 7. The van der Waals surface area contributed by atoms with Gasteiger partial charge in [-0.2, -0.15) is 0 Å². The summed E-state index contributed by atoms with van der Waals surface area (Å²) in [4.78, 5) is 25.1. The number of thiophene rings is 1. The molecule has 0 aliphatic rings. The monoisotopic (exact) mass is 377 g/mol. The number of aldehydes is 1. The second-order valence-electron chi connectivity index (χ2n) is 5.75. The van der Waals surface area contributed by atoms with Crippen molar-refractivity contribution in [3.63, 3.8) is 0 Å². The van der Waals surface area contributed by atoms with Gasteiger partial charge in [-0.25, -0.2) is 9.97 Å². The Morgan fingerprint density at radius 1 is 1.00 bits per heavy atom. The van der Waals surface area contributed by atoms with E-state index in [9.17, 15) is 4.79 Å². The van der Waals surface area contributed by atoms with E-state index in [2.05, 4.69) is 15.0 Å².